The zero-order valence-corrected chi connectivity index (χ0v) is 16.7. The normalized spacial score (nSPS) is 15.7. The molecule has 3 rings (SSSR count). The van der Waals surface area contributed by atoms with Gasteiger partial charge in [0.2, 0.25) is 15.9 Å². The maximum Gasteiger partial charge on any atom is 0.573 e. The van der Waals surface area contributed by atoms with Gasteiger partial charge in [-0.2, -0.15) is 4.31 Å². The smallest absolute Gasteiger partial charge is 0.406 e. The monoisotopic (exact) mass is 464 g/mol. The Morgan fingerprint density at radius 2 is 1.55 bits per heavy atom. The Hall–Kier alpha value is -2.73. The van der Waals surface area contributed by atoms with E-state index in [9.17, 15) is 35.2 Å². The SMILES string of the molecule is O=C(Cc1ccc(OC(F)(F)F)cc1)N1CCN(S(=O)(=O)c2ccc(F)c(F)c2)CC1. The molecule has 0 radical (unpaired) electrons. The van der Waals surface area contributed by atoms with Crippen molar-refractivity contribution in [1.29, 1.82) is 0 Å². The first-order chi connectivity index (χ1) is 14.5. The number of amides is 1. The second-order valence-electron chi connectivity index (χ2n) is 6.73. The molecule has 0 bridgehead atoms. The van der Waals surface area contributed by atoms with Gasteiger partial charge in [-0.05, 0) is 35.9 Å². The van der Waals surface area contributed by atoms with Crippen LogP contribution in [0.15, 0.2) is 47.4 Å². The lowest BCUT2D eigenvalue weighted by atomic mass is 10.1. The van der Waals surface area contributed by atoms with Crippen molar-refractivity contribution in [2.75, 3.05) is 26.2 Å². The molecule has 1 aliphatic rings. The van der Waals surface area contributed by atoms with Crippen molar-refractivity contribution in [3.8, 4) is 5.75 Å². The van der Waals surface area contributed by atoms with E-state index in [2.05, 4.69) is 4.74 Å². The molecule has 0 N–H and O–H groups in total. The summed E-state index contributed by atoms with van der Waals surface area (Å²) in [5.74, 6) is -3.16. The zero-order valence-electron chi connectivity index (χ0n) is 15.9. The minimum absolute atomic E-state index is 0.0363. The van der Waals surface area contributed by atoms with Gasteiger partial charge in [0, 0.05) is 26.2 Å². The van der Waals surface area contributed by atoms with Gasteiger partial charge in [-0.25, -0.2) is 17.2 Å². The molecule has 1 fully saturated rings. The molecule has 0 saturated carbocycles. The average Bonchev–Trinajstić information content (AvgIpc) is 2.70. The number of ether oxygens (including phenoxy) is 1. The van der Waals surface area contributed by atoms with Crippen molar-refractivity contribution in [1.82, 2.24) is 9.21 Å². The number of rotatable bonds is 5. The molecular weight excluding hydrogens is 447 g/mol. The second kappa shape index (κ2) is 8.79. The minimum Gasteiger partial charge on any atom is -0.406 e. The summed E-state index contributed by atoms with van der Waals surface area (Å²) in [6.45, 7) is 0.0882. The van der Waals surface area contributed by atoms with Gasteiger partial charge in [-0.1, -0.05) is 12.1 Å². The highest BCUT2D eigenvalue weighted by Crippen LogP contribution is 2.23. The van der Waals surface area contributed by atoms with Crippen molar-refractivity contribution in [2.45, 2.75) is 17.7 Å². The van der Waals surface area contributed by atoms with Crippen molar-refractivity contribution < 1.29 is 39.9 Å². The third-order valence-electron chi connectivity index (χ3n) is 4.63. The Labute approximate surface area is 174 Å². The van der Waals surface area contributed by atoms with Crippen LogP contribution in [-0.4, -0.2) is 56.1 Å². The van der Waals surface area contributed by atoms with Gasteiger partial charge in [-0.3, -0.25) is 4.79 Å². The molecule has 0 spiro atoms. The van der Waals surface area contributed by atoms with E-state index in [1.807, 2.05) is 0 Å². The minimum atomic E-state index is -4.81. The van der Waals surface area contributed by atoms with E-state index in [4.69, 9.17) is 0 Å². The summed E-state index contributed by atoms with van der Waals surface area (Å²) >= 11 is 0. The van der Waals surface area contributed by atoms with Crippen LogP contribution in [0.25, 0.3) is 0 Å². The predicted octanol–water partition coefficient (Wildman–Crippen LogP) is 2.94. The van der Waals surface area contributed by atoms with Crippen LogP contribution < -0.4 is 4.74 Å². The van der Waals surface area contributed by atoms with Crippen LogP contribution in [0.2, 0.25) is 0 Å². The molecule has 2 aromatic rings. The van der Waals surface area contributed by atoms with Gasteiger partial charge in [0.05, 0.1) is 11.3 Å². The Morgan fingerprint density at radius 3 is 2.10 bits per heavy atom. The Bertz CT molecular complexity index is 1050. The first-order valence-corrected chi connectivity index (χ1v) is 10.5. The summed E-state index contributed by atoms with van der Waals surface area (Å²) < 4.78 is 93.0. The Kier molecular flexibility index (Phi) is 6.51. The lowest BCUT2D eigenvalue weighted by Crippen LogP contribution is -2.50. The van der Waals surface area contributed by atoms with E-state index in [1.54, 1.807) is 0 Å². The van der Waals surface area contributed by atoms with Crippen molar-refractivity contribution in [2.24, 2.45) is 0 Å². The van der Waals surface area contributed by atoms with E-state index in [1.165, 1.54) is 17.0 Å². The van der Waals surface area contributed by atoms with E-state index < -0.39 is 33.8 Å². The Balaban J connectivity index is 1.57. The largest absolute Gasteiger partial charge is 0.573 e. The van der Waals surface area contributed by atoms with E-state index in [0.717, 1.165) is 28.6 Å². The number of carbonyl (C=O) groups is 1. The van der Waals surface area contributed by atoms with Crippen LogP contribution in [0, 0.1) is 11.6 Å². The summed E-state index contributed by atoms with van der Waals surface area (Å²) in [6, 6.07) is 7.18. The van der Waals surface area contributed by atoms with Crippen LogP contribution in [0.5, 0.6) is 5.75 Å². The number of hydrogen-bond acceptors (Lipinski definition) is 4. The van der Waals surface area contributed by atoms with Crippen molar-refractivity contribution in [3.05, 3.63) is 59.7 Å². The molecule has 1 saturated heterocycles. The van der Waals surface area contributed by atoms with Gasteiger partial charge < -0.3 is 9.64 Å². The highest BCUT2D eigenvalue weighted by molar-refractivity contribution is 7.89. The van der Waals surface area contributed by atoms with Gasteiger partial charge in [0.25, 0.3) is 0 Å². The summed E-state index contributed by atoms with van der Waals surface area (Å²) in [6.07, 6.45) is -4.89. The molecule has 1 amide bonds. The zero-order chi connectivity index (χ0) is 22.8. The first-order valence-electron chi connectivity index (χ1n) is 9.03. The number of halogens is 5. The number of sulfonamides is 1. The fraction of sp³-hybridized carbons (Fsp3) is 0.316. The van der Waals surface area contributed by atoms with Crippen molar-refractivity contribution in [3.63, 3.8) is 0 Å². The molecule has 168 valence electrons. The van der Waals surface area contributed by atoms with E-state index in [0.29, 0.717) is 11.6 Å². The molecule has 0 aliphatic carbocycles. The highest BCUT2D eigenvalue weighted by atomic mass is 32.2. The lowest BCUT2D eigenvalue weighted by molar-refractivity contribution is -0.274. The second-order valence-corrected chi connectivity index (χ2v) is 8.67. The van der Waals surface area contributed by atoms with Crippen LogP contribution >= 0.6 is 0 Å². The maximum atomic E-state index is 13.4. The molecule has 1 heterocycles. The van der Waals surface area contributed by atoms with Crippen molar-refractivity contribution >= 4 is 15.9 Å². The summed E-state index contributed by atoms with van der Waals surface area (Å²) in [4.78, 5) is 13.5. The van der Waals surface area contributed by atoms with Crippen LogP contribution in [0.1, 0.15) is 5.56 Å². The van der Waals surface area contributed by atoms with Crippen LogP contribution in [-0.2, 0) is 21.2 Å². The molecule has 0 atom stereocenters. The topological polar surface area (TPSA) is 66.9 Å². The fourth-order valence-electron chi connectivity index (χ4n) is 3.06. The molecule has 12 heteroatoms. The number of benzene rings is 2. The molecule has 0 aromatic heterocycles. The molecule has 0 unspecified atom stereocenters. The summed E-state index contributed by atoms with van der Waals surface area (Å²) in [7, 11) is -4.05. The summed E-state index contributed by atoms with van der Waals surface area (Å²) in [5, 5.41) is 0. The van der Waals surface area contributed by atoms with Gasteiger partial charge in [0.1, 0.15) is 5.75 Å². The standard InChI is InChI=1S/C19H17F5N2O4S/c20-16-6-5-15(12-17(16)21)31(28,29)26-9-7-25(8-10-26)18(27)11-13-1-3-14(4-2-13)30-19(22,23)24/h1-6,12H,7-11H2. The first kappa shape index (κ1) is 22.9. The highest BCUT2D eigenvalue weighted by Gasteiger charge is 2.32. The molecule has 1 aliphatic heterocycles. The average molecular weight is 464 g/mol. The molecular formula is C19H17F5N2O4S. The molecule has 31 heavy (non-hydrogen) atoms. The predicted molar refractivity (Wildman–Crippen MR) is 98.5 cm³/mol. The maximum absolute atomic E-state index is 13.4. The van der Waals surface area contributed by atoms with Crippen LogP contribution in [0.3, 0.4) is 0 Å². The molecule has 2 aromatic carbocycles. The number of carbonyl (C=O) groups excluding carboxylic acids is 1. The quantitative estimate of drug-likeness (QED) is 0.639. The van der Waals surface area contributed by atoms with Gasteiger partial charge in [0.15, 0.2) is 11.6 Å². The third kappa shape index (κ3) is 5.70. The van der Waals surface area contributed by atoms with Crippen LogP contribution in [0.4, 0.5) is 22.0 Å². The van der Waals surface area contributed by atoms with E-state index >= 15 is 0 Å². The van der Waals surface area contributed by atoms with Gasteiger partial charge >= 0.3 is 6.36 Å². The third-order valence-corrected chi connectivity index (χ3v) is 6.53. The van der Waals surface area contributed by atoms with Gasteiger partial charge in [-0.15, -0.1) is 13.2 Å². The number of alkyl halides is 3. The lowest BCUT2D eigenvalue weighted by Gasteiger charge is -2.34. The number of piperazine rings is 1. The van der Waals surface area contributed by atoms with E-state index in [-0.39, 0.29) is 43.4 Å². The summed E-state index contributed by atoms with van der Waals surface area (Å²) in [5.41, 5.74) is 0.469. The number of hydrogen-bond donors (Lipinski definition) is 0. The fourth-order valence-corrected chi connectivity index (χ4v) is 4.49. The molecule has 6 nitrogen and oxygen atoms in total. The number of nitrogens with zero attached hydrogens (tertiary/aromatic N) is 2. The Morgan fingerprint density at radius 1 is 0.935 bits per heavy atom.